The smallest absolute Gasteiger partial charge is 0.257 e. The fraction of sp³-hybridized carbons (Fsp3) is 0.250. The van der Waals surface area contributed by atoms with E-state index in [1.165, 1.54) is 18.2 Å². The number of benzene rings is 1. The van der Waals surface area contributed by atoms with E-state index in [-0.39, 0.29) is 11.7 Å². The van der Waals surface area contributed by atoms with Gasteiger partial charge in [0, 0.05) is 24.0 Å². The van der Waals surface area contributed by atoms with Crippen LogP contribution in [-0.4, -0.2) is 16.7 Å². The zero-order valence-electron chi connectivity index (χ0n) is 11.6. The molecule has 0 saturated carbocycles. The lowest BCUT2D eigenvalue weighted by molar-refractivity contribution is 0.0940. The number of H-pyrrole nitrogens is 1. The summed E-state index contributed by atoms with van der Waals surface area (Å²) >= 11 is 0. The van der Waals surface area contributed by atoms with Crippen molar-refractivity contribution in [2.75, 3.05) is 5.32 Å². The molecule has 0 radical (unpaired) electrons. The third-order valence-corrected chi connectivity index (χ3v) is 3.65. The van der Waals surface area contributed by atoms with Crippen LogP contribution in [0.5, 0.6) is 0 Å². The Hall–Kier alpha value is -2.43. The molecule has 5 heteroatoms. The number of carbonyl (C=O) groups excluding carboxylic acids is 2. The van der Waals surface area contributed by atoms with Crippen LogP contribution in [0.2, 0.25) is 0 Å². The summed E-state index contributed by atoms with van der Waals surface area (Å²) in [5.41, 5.74) is 1.97. The number of amides is 1. The van der Waals surface area contributed by atoms with Crippen molar-refractivity contribution in [3.05, 3.63) is 53.1 Å². The Morgan fingerprint density at radius 1 is 1.38 bits per heavy atom. The summed E-state index contributed by atoms with van der Waals surface area (Å²) in [6, 6.07) is 5.66. The van der Waals surface area contributed by atoms with E-state index in [1.54, 1.807) is 12.3 Å². The van der Waals surface area contributed by atoms with Gasteiger partial charge in [-0.05, 0) is 30.5 Å². The van der Waals surface area contributed by atoms with E-state index in [2.05, 4.69) is 10.3 Å². The topological polar surface area (TPSA) is 62.0 Å². The van der Waals surface area contributed by atoms with Gasteiger partial charge in [0.2, 0.25) is 0 Å². The second-order valence-corrected chi connectivity index (χ2v) is 5.46. The molecule has 21 heavy (non-hydrogen) atoms. The summed E-state index contributed by atoms with van der Waals surface area (Å²) in [6.45, 7) is 2.01. The molecule has 0 bridgehead atoms. The first-order valence-corrected chi connectivity index (χ1v) is 6.85. The molecule has 2 N–H and O–H groups in total. The van der Waals surface area contributed by atoms with Gasteiger partial charge < -0.3 is 10.3 Å². The summed E-state index contributed by atoms with van der Waals surface area (Å²) in [5, 5.41) is 2.62. The van der Waals surface area contributed by atoms with Crippen LogP contribution in [-0.2, 0) is 6.42 Å². The van der Waals surface area contributed by atoms with Gasteiger partial charge in [0.1, 0.15) is 5.82 Å². The molecule has 108 valence electrons. The first-order valence-electron chi connectivity index (χ1n) is 6.85. The highest BCUT2D eigenvalue weighted by Gasteiger charge is 2.29. The van der Waals surface area contributed by atoms with E-state index in [4.69, 9.17) is 0 Å². The second-order valence-electron chi connectivity index (χ2n) is 5.46. The number of aromatic amines is 1. The fourth-order valence-corrected chi connectivity index (χ4v) is 2.73. The van der Waals surface area contributed by atoms with Gasteiger partial charge in [-0.2, -0.15) is 0 Å². The largest absolute Gasteiger partial charge is 0.364 e. The van der Waals surface area contributed by atoms with Crippen molar-refractivity contribution >= 4 is 17.4 Å². The third-order valence-electron chi connectivity index (χ3n) is 3.65. The molecule has 1 aliphatic carbocycles. The fourth-order valence-electron chi connectivity index (χ4n) is 2.73. The highest BCUT2D eigenvalue weighted by atomic mass is 19.1. The molecule has 1 amide bonds. The first-order chi connectivity index (χ1) is 10.0. The number of rotatable bonds is 2. The van der Waals surface area contributed by atoms with Crippen molar-refractivity contribution in [3.8, 4) is 0 Å². The molecule has 1 heterocycles. The SMILES string of the molecule is C[C@@H]1CC(=O)c2c(C(=O)Nc3cccc(F)c3)c[nH]c2C1. The van der Waals surface area contributed by atoms with Crippen LogP contribution in [0.4, 0.5) is 10.1 Å². The lowest BCUT2D eigenvalue weighted by Crippen LogP contribution is -2.21. The molecule has 1 atom stereocenters. The summed E-state index contributed by atoms with van der Waals surface area (Å²) in [7, 11) is 0. The second kappa shape index (κ2) is 5.16. The number of Topliss-reactive ketones (excluding diaryl/α,β-unsaturated/α-hetero) is 1. The van der Waals surface area contributed by atoms with Crippen molar-refractivity contribution in [2.24, 2.45) is 5.92 Å². The summed E-state index contributed by atoms with van der Waals surface area (Å²) in [6.07, 6.45) is 2.76. The van der Waals surface area contributed by atoms with Crippen molar-refractivity contribution in [1.29, 1.82) is 0 Å². The van der Waals surface area contributed by atoms with Crippen LogP contribution in [0.25, 0.3) is 0 Å². The van der Waals surface area contributed by atoms with Crippen molar-refractivity contribution in [3.63, 3.8) is 0 Å². The third kappa shape index (κ3) is 2.59. The number of aromatic nitrogens is 1. The van der Waals surface area contributed by atoms with Crippen molar-refractivity contribution < 1.29 is 14.0 Å². The Kier molecular flexibility index (Phi) is 3.33. The van der Waals surface area contributed by atoms with Gasteiger partial charge in [-0.25, -0.2) is 4.39 Å². The molecule has 0 unspecified atom stereocenters. The number of fused-ring (bicyclic) bond motifs is 1. The Morgan fingerprint density at radius 3 is 2.95 bits per heavy atom. The highest BCUT2D eigenvalue weighted by Crippen LogP contribution is 2.27. The molecule has 4 nitrogen and oxygen atoms in total. The zero-order chi connectivity index (χ0) is 15.0. The highest BCUT2D eigenvalue weighted by molar-refractivity contribution is 6.13. The predicted molar refractivity (Wildman–Crippen MR) is 77.0 cm³/mol. The number of hydrogen-bond donors (Lipinski definition) is 2. The summed E-state index contributed by atoms with van der Waals surface area (Å²) in [5.74, 6) is -0.563. The Balaban J connectivity index is 1.88. The van der Waals surface area contributed by atoms with Crippen LogP contribution < -0.4 is 5.32 Å². The monoisotopic (exact) mass is 286 g/mol. The Bertz CT molecular complexity index is 721. The maximum absolute atomic E-state index is 13.1. The Morgan fingerprint density at radius 2 is 2.19 bits per heavy atom. The molecule has 1 aromatic heterocycles. The number of anilines is 1. The molecule has 0 fully saturated rings. The molecule has 0 spiro atoms. The summed E-state index contributed by atoms with van der Waals surface area (Å²) in [4.78, 5) is 27.4. The lowest BCUT2D eigenvalue weighted by Gasteiger charge is -2.17. The minimum Gasteiger partial charge on any atom is -0.364 e. The average Bonchev–Trinajstić information content (AvgIpc) is 2.82. The number of nitrogens with one attached hydrogen (secondary N) is 2. The van der Waals surface area contributed by atoms with Crippen LogP contribution in [0.15, 0.2) is 30.5 Å². The molecule has 1 aromatic carbocycles. The molecular weight excluding hydrogens is 271 g/mol. The lowest BCUT2D eigenvalue weighted by atomic mass is 9.86. The molecule has 0 saturated heterocycles. The maximum Gasteiger partial charge on any atom is 0.257 e. The molecule has 0 aliphatic heterocycles. The Labute approximate surface area is 121 Å². The van der Waals surface area contributed by atoms with Crippen LogP contribution in [0, 0.1) is 11.7 Å². The van der Waals surface area contributed by atoms with E-state index in [0.29, 0.717) is 23.2 Å². The first kappa shape index (κ1) is 13.5. The van der Waals surface area contributed by atoms with E-state index in [1.807, 2.05) is 6.92 Å². The predicted octanol–water partition coefficient (Wildman–Crippen LogP) is 3.17. The van der Waals surface area contributed by atoms with Crippen LogP contribution in [0.3, 0.4) is 0 Å². The standard InChI is InChI=1S/C16H15FN2O2/c1-9-5-13-15(14(20)6-9)12(8-18-13)16(21)19-11-4-2-3-10(17)7-11/h2-4,7-9,18H,5-6H2,1H3,(H,19,21)/t9-/m0/s1. The van der Waals surface area contributed by atoms with Gasteiger partial charge in [-0.3, -0.25) is 9.59 Å². The maximum atomic E-state index is 13.1. The van der Waals surface area contributed by atoms with Crippen LogP contribution >= 0.6 is 0 Å². The van der Waals surface area contributed by atoms with E-state index in [0.717, 1.165) is 12.1 Å². The van der Waals surface area contributed by atoms with Gasteiger partial charge in [0.05, 0.1) is 11.1 Å². The van der Waals surface area contributed by atoms with E-state index in [9.17, 15) is 14.0 Å². The number of hydrogen-bond acceptors (Lipinski definition) is 2. The zero-order valence-corrected chi connectivity index (χ0v) is 11.6. The summed E-state index contributed by atoms with van der Waals surface area (Å²) < 4.78 is 13.1. The van der Waals surface area contributed by atoms with Gasteiger partial charge in [-0.15, -0.1) is 0 Å². The van der Waals surface area contributed by atoms with Gasteiger partial charge in [0.15, 0.2) is 5.78 Å². The van der Waals surface area contributed by atoms with Gasteiger partial charge >= 0.3 is 0 Å². The minimum atomic E-state index is -0.422. The quantitative estimate of drug-likeness (QED) is 0.890. The van der Waals surface area contributed by atoms with Gasteiger partial charge in [-0.1, -0.05) is 13.0 Å². The van der Waals surface area contributed by atoms with Crippen LogP contribution in [0.1, 0.15) is 39.8 Å². The molecule has 1 aliphatic rings. The minimum absolute atomic E-state index is 0.0191. The number of ketones is 1. The van der Waals surface area contributed by atoms with E-state index >= 15 is 0 Å². The average molecular weight is 286 g/mol. The van der Waals surface area contributed by atoms with Gasteiger partial charge in [0.25, 0.3) is 5.91 Å². The number of carbonyl (C=O) groups is 2. The molecule has 3 rings (SSSR count). The number of halogens is 1. The normalized spacial score (nSPS) is 17.4. The molecule has 2 aromatic rings. The van der Waals surface area contributed by atoms with Crippen molar-refractivity contribution in [1.82, 2.24) is 4.98 Å². The van der Waals surface area contributed by atoms with Crippen molar-refractivity contribution in [2.45, 2.75) is 19.8 Å². The molecular formula is C16H15FN2O2. The van der Waals surface area contributed by atoms with E-state index < -0.39 is 11.7 Å².